The van der Waals surface area contributed by atoms with Crippen molar-refractivity contribution in [2.24, 2.45) is 5.73 Å². The van der Waals surface area contributed by atoms with Crippen molar-refractivity contribution in [2.45, 2.75) is 38.8 Å². The summed E-state index contributed by atoms with van der Waals surface area (Å²) >= 11 is 0. The van der Waals surface area contributed by atoms with E-state index in [0.717, 1.165) is 5.56 Å². The summed E-state index contributed by atoms with van der Waals surface area (Å²) in [5.41, 5.74) is 6.17. The molecule has 88 valence electrons. The smallest absolute Gasteiger partial charge is 0.240 e. The van der Waals surface area contributed by atoms with Crippen molar-refractivity contribution in [3.63, 3.8) is 0 Å². The van der Waals surface area contributed by atoms with E-state index < -0.39 is 5.54 Å². The number of rotatable bonds is 4. The quantitative estimate of drug-likeness (QED) is 0.815. The summed E-state index contributed by atoms with van der Waals surface area (Å²) in [6.45, 7) is 5.62. The number of hydrogen-bond donors (Lipinski definition) is 2. The van der Waals surface area contributed by atoms with Gasteiger partial charge in [0.15, 0.2) is 0 Å². The lowest BCUT2D eigenvalue weighted by Crippen LogP contribution is -2.51. The zero-order valence-corrected chi connectivity index (χ0v) is 10.2. The third kappa shape index (κ3) is 3.07. The van der Waals surface area contributed by atoms with E-state index in [9.17, 15) is 4.79 Å². The first-order valence-electron chi connectivity index (χ1n) is 5.62. The molecular formula is C13H20N2O. The fourth-order valence-electron chi connectivity index (χ4n) is 1.35. The van der Waals surface area contributed by atoms with Crippen molar-refractivity contribution in [3.05, 3.63) is 35.9 Å². The topological polar surface area (TPSA) is 55.1 Å². The van der Waals surface area contributed by atoms with E-state index in [4.69, 9.17) is 5.73 Å². The Morgan fingerprint density at radius 3 is 2.50 bits per heavy atom. The van der Waals surface area contributed by atoms with Gasteiger partial charge in [-0.2, -0.15) is 0 Å². The second-order valence-corrected chi connectivity index (χ2v) is 4.38. The van der Waals surface area contributed by atoms with Crippen molar-refractivity contribution < 1.29 is 4.79 Å². The first-order chi connectivity index (χ1) is 7.47. The number of carbonyl (C=O) groups is 1. The van der Waals surface area contributed by atoms with Crippen LogP contribution in [0, 0.1) is 0 Å². The normalized spacial score (nSPS) is 16.2. The molecule has 3 heteroatoms. The lowest BCUT2D eigenvalue weighted by atomic mass is 9.98. The van der Waals surface area contributed by atoms with Gasteiger partial charge >= 0.3 is 0 Å². The minimum atomic E-state index is -0.789. The second kappa shape index (κ2) is 5.12. The molecule has 0 saturated carbocycles. The van der Waals surface area contributed by atoms with E-state index in [2.05, 4.69) is 5.32 Å². The number of benzene rings is 1. The van der Waals surface area contributed by atoms with Gasteiger partial charge in [-0.05, 0) is 25.8 Å². The van der Waals surface area contributed by atoms with Crippen LogP contribution in [0.2, 0.25) is 0 Å². The zero-order chi connectivity index (χ0) is 12.2. The van der Waals surface area contributed by atoms with Gasteiger partial charge in [0.05, 0.1) is 11.6 Å². The second-order valence-electron chi connectivity index (χ2n) is 4.38. The maximum absolute atomic E-state index is 11.8. The standard InChI is InChI=1S/C13H20N2O/c1-4-13(3,14)12(16)15-10(2)11-8-6-5-7-9-11/h5-10H,4,14H2,1-3H3,(H,15,16)/t10-,13?/m1/s1. The molecule has 0 bridgehead atoms. The fraction of sp³-hybridized carbons (Fsp3) is 0.462. The molecule has 2 atom stereocenters. The van der Waals surface area contributed by atoms with Crippen LogP contribution in [0.25, 0.3) is 0 Å². The van der Waals surface area contributed by atoms with Gasteiger partial charge < -0.3 is 11.1 Å². The lowest BCUT2D eigenvalue weighted by molar-refractivity contribution is -0.126. The van der Waals surface area contributed by atoms with Crippen LogP contribution in [-0.4, -0.2) is 11.4 Å². The Morgan fingerprint density at radius 2 is 2.00 bits per heavy atom. The molecule has 1 amide bonds. The number of nitrogens with two attached hydrogens (primary N) is 1. The van der Waals surface area contributed by atoms with Crippen LogP contribution in [0.3, 0.4) is 0 Å². The Hall–Kier alpha value is -1.35. The molecule has 0 aliphatic rings. The first-order valence-corrected chi connectivity index (χ1v) is 5.62. The van der Waals surface area contributed by atoms with Crippen molar-refractivity contribution in [1.82, 2.24) is 5.32 Å². The van der Waals surface area contributed by atoms with Crippen LogP contribution in [0.5, 0.6) is 0 Å². The third-order valence-electron chi connectivity index (χ3n) is 2.90. The summed E-state index contributed by atoms with van der Waals surface area (Å²) in [6, 6.07) is 9.84. The molecule has 0 spiro atoms. The monoisotopic (exact) mass is 220 g/mol. The summed E-state index contributed by atoms with van der Waals surface area (Å²) in [4.78, 5) is 11.8. The van der Waals surface area contributed by atoms with Crippen molar-refractivity contribution in [2.75, 3.05) is 0 Å². The van der Waals surface area contributed by atoms with Crippen LogP contribution in [0.1, 0.15) is 38.8 Å². The maximum Gasteiger partial charge on any atom is 0.240 e. The van der Waals surface area contributed by atoms with Crippen molar-refractivity contribution >= 4 is 5.91 Å². The van der Waals surface area contributed by atoms with Crippen LogP contribution in [-0.2, 0) is 4.79 Å². The van der Waals surface area contributed by atoms with Gasteiger partial charge in [0.2, 0.25) is 5.91 Å². The van der Waals surface area contributed by atoms with Gasteiger partial charge in [0, 0.05) is 0 Å². The van der Waals surface area contributed by atoms with E-state index in [-0.39, 0.29) is 11.9 Å². The molecule has 0 saturated heterocycles. The van der Waals surface area contributed by atoms with Gasteiger partial charge in [0.1, 0.15) is 0 Å². The van der Waals surface area contributed by atoms with E-state index >= 15 is 0 Å². The summed E-state index contributed by atoms with van der Waals surface area (Å²) < 4.78 is 0. The molecule has 1 aromatic carbocycles. The minimum absolute atomic E-state index is 0.0110. The largest absolute Gasteiger partial charge is 0.348 e. The van der Waals surface area contributed by atoms with Crippen molar-refractivity contribution in [3.8, 4) is 0 Å². The summed E-state index contributed by atoms with van der Waals surface area (Å²) in [7, 11) is 0. The van der Waals surface area contributed by atoms with Crippen LogP contribution in [0.4, 0.5) is 0 Å². The SMILES string of the molecule is CCC(C)(N)C(=O)N[C@H](C)c1ccccc1. The number of hydrogen-bond acceptors (Lipinski definition) is 2. The van der Waals surface area contributed by atoms with Crippen LogP contribution >= 0.6 is 0 Å². The van der Waals surface area contributed by atoms with Gasteiger partial charge in [0.25, 0.3) is 0 Å². The van der Waals surface area contributed by atoms with Crippen LogP contribution in [0.15, 0.2) is 30.3 Å². The molecule has 3 N–H and O–H groups in total. The average Bonchev–Trinajstić information content (AvgIpc) is 2.30. The van der Waals surface area contributed by atoms with Crippen LogP contribution < -0.4 is 11.1 Å². The summed E-state index contributed by atoms with van der Waals surface area (Å²) in [5, 5.41) is 2.92. The molecule has 0 radical (unpaired) electrons. The van der Waals surface area contributed by atoms with E-state index in [0.29, 0.717) is 6.42 Å². The lowest BCUT2D eigenvalue weighted by Gasteiger charge is -2.24. The number of nitrogens with one attached hydrogen (secondary N) is 1. The summed E-state index contributed by atoms with van der Waals surface area (Å²) in [6.07, 6.45) is 0.625. The molecule has 3 nitrogen and oxygen atoms in total. The number of carbonyl (C=O) groups excluding carboxylic acids is 1. The molecule has 16 heavy (non-hydrogen) atoms. The predicted octanol–water partition coefficient (Wildman–Crippen LogP) is 1.99. The fourth-order valence-corrected chi connectivity index (χ4v) is 1.35. The highest BCUT2D eigenvalue weighted by Crippen LogP contribution is 2.13. The molecular weight excluding hydrogens is 200 g/mol. The Kier molecular flexibility index (Phi) is 4.07. The highest BCUT2D eigenvalue weighted by Gasteiger charge is 2.26. The Morgan fingerprint density at radius 1 is 1.44 bits per heavy atom. The van der Waals surface area contributed by atoms with Gasteiger partial charge in [-0.15, -0.1) is 0 Å². The minimum Gasteiger partial charge on any atom is -0.348 e. The predicted molar refractivity (Wildman–Crippen MR) is 65.9 cm³/mol. The third-order valence-corrected chi connectivity index (χ3v) is 2.90. The molecule has 0 aliphatic heterocycles. The molecule has 1 aromatic rings. The van der Waals surface area contributed by atoms with E-state index in [1.54, 1.807) is 6.92 Å². The Balaban J connectivity index is 2.66. The summed E-state index contributed by atoms with van der Waals surface area (Å²) in [5.74, 6) is -0.105. The molecule has 1 rings (SSSR count). The Bertz CT molecular complexity index is 346. The molecule has 0 fully saturated rings. The van der Waals surface area contributed by atoms with E-state index in [1.807, 2.05) is 44.2 Å². The Labute approximate surface area is 97.0 Å². The molecule has 1 unspecified atom stereocenters. The highest BCUT2D eigenvalue weighted by atomic mass is 16.2. The molecule has 0 aliphatic carbocycles. The maximum atomic E-state index is 11.8. The van der Waals surface area contributed by atoms with Crippen molar-refractivity contribution in [1.29, 1.82) is 0 Å². The highest BCUT2D eigenvalue weighted by molar-refractivity contribution is 5.85. The van der Waals surface area contributed by atoms with Gasteiger partial charge in [-0.3, -0.25) is 4.79 Å². The first kappa shape index (κ1) is 12.7. The molecule has 0 heterocycles. The van der Waals surface area contributed by atoms with E-state index in [1.165, 1.54) is 0 Å². The number of amides is 1. The average molecular weight is 220 g/mol. The van der Waals surface area contributed by atoms with Gasteiger partial charge in [-0.25, -0.2) is 0 Å². The zero-order valence-electron chi connectivity index (χ0n) is 10.2. The molecule has 0 aromatic heterocycles. The van der Waals surface area contributed by atoms with Gasteiger partial charge in [-0.1, -0.05) is 37.3 Å².